The Morgan fingerprint density at radius 1 is 1.40 bits per heavy atom. The molecular weight excluding hydrogens is 244 g/mol. The van der Waals surface area contributed by atoms with Gasteiger partial charge in [-0.1, -0.05) is 56.4 Å². The van der Waals surface area contributed by atoms with E-state index in [0.717, 1.165) is 25.2 Å². The predicted octanol–water partition coefficient (Wildman–Crippen LogP) is 5.30. The van der Waals surface area contributed by atoms with Crippen LogP contribution in [0.4, 0.5) is 5.82 Å². The molecule has 0 bridgehead atoms. The van der Waals surface area contributed by atoms with E-state index in [-0.39, 0.29) is 0 Å². The van der Waals surface area contributed by atoms with Crippen molar-refractivity contribution in [2.75, 3.05) is 11.9 Å². The van der Waals surface area contributed by atoms with Gasteiger partial charge in [-0.2, -0.15) is 0 Å². The van der Waals surface area contributed by atoms with E-state index < -0.39 is 0 Å². The lowest BCUT2D eigenvalue weighted by molar-refractivity contribution is 0.859. The smallest absolute Gasteiger partial charge is 0.128 e. The molecule has 0 atom stereocenters. The molecule has 0 unspecified atom stereocenters. The van der Waals surface area contributed by atoms with E-state index in [0.29, 0.717) is 0 Å². The molecule has 20 heavy (non-hydrogen) atoms. The third kappa shape index (κ3) is 7.57. The van der Waals surface area contributed by atoms with Gasteiger partial charge < -0.3 is 5.32 Å². The van der Waals surface area contributed by atoms with Gasteiger partial charge in [0.25, 0.3) is 0 Å². The Hall–Kier alpha value is -1.83. The molecule has 0 aliphatic heterocycles. The van der Waals surface area contributed by atoms with Crippen LogP contribution in [0.15, 0.2) is 54.8 Å². The van der Waals surface area contributed by atoms with Crippen molar-refractivity contribution in [2.24, 2.45) is 0 Å². The fourth-order valence-corrected chi connectivity index (χ4v) is 1.69. The highest BCUT2D eigenvalue weighted by Gasteiger charge is 1.97. The second kappa shape index (κ2) is 12.2. The number of hydrogen-bond acceptors (Lipinski definition) is 2. The Morgan fingerprint density at radius 2 is 2.15 bits per heavy atom. The molecule has 0 radical (unpaired) electrons. The van der Waals surface area contributed by atoms with Gasteiger partial charge in [-0.05, 0) is 38.3 Å². The number of anilines is 1. The fourth-order valence-electron chi connectivity index (χ4n) is 1.69. The molecule has 0 saturated heterocycles. The molecule has 0 aliphatic rings. The van der Waals surface area contributed by atoms with Gasteiger partial charge in [0, 0.05) is 12.7 Å². The summed E-state index contributed by atoms with van der Waals surface area (Å²) in [5, 5.41) is 3.37. The van der Waals surface area contributed by atoms with Crippen molar-refractivity contribution in [2.45, 2.75) is 40.5 Å². The van der Waals surface area contributed by atoms with Gasteiger partial charge in [0.15, 0.2) is 0 Å². The molecular formula is C18H28N2. The molecule has 1 aromatic heterocycles. The van der Waals surface area contributed by atoms with Crippen LogP contribution in [0.1, 0.15) is 39.2 Å². The maximum Gasteiger partial charge on any atom is 0.128 e. The van der Waals surface area contributed by atoms with Gasteiger partial charge in [0.05, 0.1) is 0 Å². The third-order valence-electron chi connectivity index (χ3n) is 2.76. The summed E-state index contributed by atoms with van der Waals surface area (Å²) in [6, 6.07) is 4.03. The zero-order valence-electron chi connectivity index (χ0n) is 13.3. The Balaban J connectivity index is 0.00000172. The average Bonchev–Trinajstić information content (AvgIpc) is 2.50. The number of nitrogens with zero attached hydrogens (tertiary/aromatic N) is 1. The van der Waals surface area contributed by atoms with Crippen LogP contribution in [0, 0.1) is 6.92 Å². The molecule has 0 aliphatic carbocycles. The van der Waals surface area contributed by atoms with Gasteiger partial charge in [-0.15, -0.1) is 0 Å². The van der Waals surface area contributed by atoms with Crippen molar-refractivity contribution in [3.63, 3.8) is 0 Å². The van der Waals surface area contributed by atoms with E-state index >= 15 is 0 Å². The van der Waals surface area contributed by atoms with Crippen molar-refractivity contribution >= 4 is 5.82 Å². The van der Waals surface area contributed by atoms with Crippen molar-refractivity contribution in [1.29, 1.82) is 0 Å². The largest absolute Gasteiger partial charge is 0.370 e. The minimum atomic E-state index is 0.942. The minimum absolute atomic E-state index is 0.942. The second-order valence-corrected chi connectivity index (χ2v) is 4.16. The van der Waals surface area contributed by atoms with Gasteiger partial charge >= 0.3 is 0 Å². The Bertz CT molecular complexity index is 431. The van der Waals surface area contributed by atoms with Gasteiger partial charge in [0.2, 0.25) is 0 Å². The first-order valence-corrected chi connectivity index (χ1v) is 7.37. The first-order valence-electron chi connectivity index (χ1n) is 7.37. The lowest BCUT2D eigenvalue weighted by Gasteiger charge is -2.08. The zero-order chi connectivity index (χ0) is 15.2. The highest BCUT2D eigenvalue weighted by molar-refractivity contribution is 5.42. The number of nitrogens with one attached hydrogen (secondary N) is 1. The Labute approximate surface area is 124 Å². The number of hydrogen-bond donors (Lipinski definition) is 1. The molecule has 0 saturated carbocycles. The zero-order valence-corrected chi connectivity index (χ0v) is 13.3. The van der Waals surface area contributed by atoms with Crippen LogP contribution in [0.2, 0.25) is 0 Å². The van der Waals surface area contributed by atoms with Crippen LogP contribution < -0.4 is 5.32 Å². The highest BCUT2D eigenvalue weighted by Crippen LogP contribution is 2.11. The van der Waals surface area contributed by atoms with Gasteiger partial charge in [-0.3, -0.25) is 0 Å². The normalized spacial score (nSPS) is 10.9. The standard InChI is InChI=1S/C16H22N2.C2H6/c1-4-6-10-15(5-2)11-8-13-18-16-14(3)9-7-12-17-16;1-2/h4-7,9-10,12H,1,8,11,13H2,2-3H3,(H,17,18);1-2H3/b10-6-,15-5+;. The molecule has 1 N–H and O–H groups in total. The SMILES string of the molecule is C=C/C=C\C(=C/C)CCCNc1ncccc1C.CC. The number of aromatic nitrogens is 1. The Morgan fingerprint density at radius 3 is 2.75 bits per heavy atom. The van der Waals surface area contributed by atoms with Crippen LogP contribution in [-0.2, 0) is 0 Å². The quantitative estimate of drug-likeness (QED) is 0.538. The average molecular weight is 272 g/mol. The second-order valence-electron chi connectivity index (χ2n) is 4.16. The summed E-state index contributed by atoms with van der Waals surface area (Å²) >= 11 is 0. The monoisotopic (exact) mass is 272 g/mol. The molecule has 1 rings (SSSR count). The summed E-state index contributed by atoms with van der Waals surface area (Å²) < 4.78 is 0. The first kappa shape index (κ1) is 18.2. The van der Waals surface area contributed by atoms with E-state index in [9.17, 15) is 0 Å². The van der Waals surface area contributed by atoms with Crippen molar-refractivity contribution in [1.82, 2.24) is 4.98 Å². The van der Waals surface area contributed by atoms with Crippen LogP contribution in [0.3, 0.4) is 0 Å². The van der Waals surface area contributed by atoms with Crippen molar-refractivity contribution in [3.8, 4) is 0 Å². The van der Waals surface area contributed by atoms with Crippen LogP contribution in [0.25, 0.3) is 0 Å². The third-order valence-corrected chi connectivity index (χ3v) is 2.76. The summed E-state index contributed by atoms with van der Waals surface area (Å²) in [7, 11) is 0. The van der Waals surface area contributed by atoms with Crippen molar-refractivity contribution < 1.29 is 0 Å². The predicted molar refractivity (Wildman–Crippen MR) is 91.1 cm³/mol. The number of rotatable bonds is 7. The van der Waals surface area contributed by atoms with E-state index in [1.165, 1.54) is 11.1 Å². The molecule has 0 spiro atoms. The first-order chi connectivity index (χ1) is 9.77. The molecule has 2 nitrogen and oxygen atoms in total. The topological polar surface area (TPSA) is 24.9 Å². The maximum absolute atomic E-state index is 4.31. The fraction of sp³-hybridized carbons (Fsp3) is 0.389. The molecule has 2 heteroatoms. The van der Waals surface area contributed by atoms with E-state index in [1.54, 1.807) is 6.08 Å². The van der Waals surface area contributed by atoms with E-state index in [4.69, 9.17) is 0 Å². The molecule has 0 aromatic carbocycles. The number of pyridine rings is 1. The van der Waals surface area contributed by atoms with E-state index in [1.807, 2.05) is 32.2 Å². The highest BCUT2D eigenvalue weighted by atomic mass is 15.0. The molecule has 110 valence electrons. The van der Waals surface area contributed by atoms with Gasteiger partial charge in [0.1, 0.15) is 5.82 Å². The lowest BCUT2D eigenvalue weighted by Crippen LogP contribution is -2.04. The summed E-state index contributed by atoms with van der Waals surface area (Å²) in [6.45, 7) is 12.8. The van der Waals surface area contributed by atoms with Crippen molar-refractivity contribution in [3.05, 3.63) is 60.3 Å². The molecule has 0 fully saturated rings. The molecule has 1 aromatic rings. The lowest BCUT2D eigenvalue weighted by atomic mass is 10.1. The van der Waals surface area contributed by atoms with Crippen LogP contribution in [-0.4, -0.2) is 11.5 Å². The summed E-state index contributed by atoms with van der Waals surface area (Å²) in [4.78, 5) is 4.31. The molecule has 1 heterocycles. The summed E-state index contributed by atoms with van der Waals surface area (Å²) in [5.41, 5.74) is 2.53. The number of aryl methyl sites for hydroxylation is 1. The summed E-state index contributed by atoms with van der Waals surface area (Å²) in [6.07, 6.45) is 12.0. The van der Waals surface area contributed by atoms with Crippen LogP contribution >= 0.6 is 0 Å². The summed E-state index contributed by atoms with van der Waals surface area (Å²) in [5.74, 6) is 0.987. The van der Waals surface area contributed by atoms with E-state index in [2.05, 4.69) is 48.9 Å². The molecule has 0 amide bonds. The minimum Gasteiger partial charge on any atom is -0.370 e. The van der Waals surface area contributed by atoms with Crippen LogP contribution in [0.5, 0.6) is 0 Å². The van der Waals surface area contributed by atoms with Gasteiger partial charge in [-0.25, -0.2) is 4.98 Å². The maximum atomic E-state index is 4.31. The number of allylic oxidation sites excluding steroid dienone is 5. The Kier molecular flexibility index (Phi) is 11.1.